The maximum Gasteiger partial charge on any atom is 0.356 e. The Kier molecular flexibility index (Phi) is 10.9. The molecule has 1 fully saturated rings. The van der Waals surface area contributed by atoms with Gasteiger partial charge in [-0.2, -0.15) is 8.42 Å². The smallest absolute Gasteiger partial charge is 0.356 e. The van der Waals surface area contributed by atoms with Crippen LogP contribution in [0.5, 0.6) is 0 Å². The topological polar surface area (TPSA) is 111 Å². The average Bonchev–Trinajstić information content (AvgIpc) is 3.27. The number of carbonyl (C=O) groups is 2. The Morgan fingerprint density at radius 3 is 1.67 bits per heavy atom. The Labute approximate surface area is 338 Å². The Hall–Kier alpha value is -6.59. The van der Waals surface area contributed by atoms with Gasteiger partial charge in [0.15, 0.2) is 12.3 Å². The van der Waals surface area contributed by atoms with E-state index in [1.807, 2.05) is 159 Å². The van der Waals surface area contributed by atoms with Gasteiger partial charge in [0, 0.05) is 5.57 Å². The zero-order chi connectivity index (χ0) is 40.1. The van der Waals surface area contributed by atoms with E-state index < -0.39 is 45.9 Å². The molecule has 0 aliphatic carbocycles. The van der Waals surface area contributed by atoms with Crippen molar-refractivity contribution in [2.75, 3.05) is 6.61 Å². The molecule has 1 saturated heterocycles. The van der Waals surface area contributed by atoms with Gasteiger partial charge in [-0.25, -0.2) is 4.79 Å². The van der Waals surface area contributed by atoms with Crippen molar-refractivity contribution in [3.8, 4) is 0 Å². The van der Waals surface area contributed by atoms with Crippen LogP contribution in [0.1, 0.15) is 39.5 Å². The summed E-state index contributed by atoms with van der Waals surface area (Å²) in [7, 11) is -4.19. The fourth-order valence-corrected chi connectivity index (χ4v) is 8.28. The van der Waals surface area contributed by atoms with Crippen LogP contribution in [-0.2, 0) is 38.9 Å². The fourth-order valence-electron chi connectivity index (χ4n) is 7.50. The number of nitrogens with one attached hydrogen (secondary N) is 1. The van der Waals surface area contributed by atoms with E-state index in [9.17, 15) is 18.0 Å². The lowest BCUT2D eigenvalue weighted by molar-refractivity contribution is -0.186. The third-order valence-corrected chi connectivity index (χ3v) is 11.6. The molecule has 6 aromatic carbocycles. The summed E-state index contributed by atoms with van der Waals surface area (Å²) in [5.41, 5.74) is 4.15. The van der Waals surface area contributed by atoms with Gasteiger partial charge in [0.25, 0.3) is 5.91 Å². The molecular formula is C48H40N2O7S. The Bertz CT molecular complexity index is 2410. The second-order valence-electron chi connectivity index (χ2n) is 14.0. The number of carbonyl (C=O) groups excluding carboxylic acids is 2. The van der Waals surface area contributed by atoms with Gasteiger partial charge in [-0.05, 0) is 52.9 Å². The van der Waals surface area contributed by atoms with Gasteiger partial charge >= 0.3 is 16.1 Å². The molecule has 0 bridgehead atoms. The number of benzene rings is 6. The summed E-state index contributed by atoms with van der Waals surface area (Å²) in [4.78, 5) is 30.6. The molecule has 1 N–H and O–H groups in total. The molecule has 2 aliphatic rings. The molecule has 58 heavy (non-hydrogen) atoms. The Balaban J connectivity index is 1.18. The zero-order valence-corrected chi connectivity index (χ0v) is 32.4. The summed E-state index contributed by atoms with van der Waals surface area (Å²) in [6.07, 6.45) is 0.569. The van der Waals surface area contributed by atoms with E-state index in [0.717, 1.165) is 39.6 Å². The quantitative estimate of drug-likeness (QED) is 0.0413. The number of esters is 1. The molecule has 2 unspecified atom stereocenters. The largest absolute Gasteiger partial charge is 0.448 e. The molecule has 2 atom stereocenters. The predicted octanol–water partition coefficient (Wildman–Crippen LogP) is 7.95. The molecule has 0 aromatic heterocycles. The number of rotatable bonds is 13. The van der Waals surface area contributed by atoms with Crippen LogP contribution in [0.2, 0.25) is 0 Å². The lowest BCUT2D eigenvalue weighted by Gasteiger charge is -2.52. The first kappa shape index (κ1) is 38.3. The summed E-state index contributed by atoms with van der Waals surface area (Å²) in [5, 5.41) is 3.70. The number of amides is 1. The van der Waals surface area contributed by atoms with Gasteiger partial charge in [0.05, 0.1) is 12.1 Å². The van der Waals surface area contributed by atoms with Crippen LogP contribution in [0.3, 0.4) is 0 Å². The first-order valence-electron chi connectivity index (χ1n) is 18.9. The standard InChI is InChI=1S/C48H40N2O7S/c1-34-27-29-41(30-28-34)58(53,54)56-32-31-37-33-55-46-42(49-48(38-21-11-4-12-22-38,39-23-13-5-14-24-39)40-25-15-6-16-26-40)45(51)50(46)43(37)47(52)57-44(35-17-7-2-8-18-35)36-19-9-3-10-20-36/h2-32,42,44,46,49H,33H2,1H3/b32-31+. The molecule has 1 amide bonds. The number of fused-ring (bicyclic) bond motifs is 1. The highest BCUT2D eigenvalue weighted by Crippen LogP contribution is 2.42. The molecule has 290 valence electrons. The molecule has 10 heteroatoms. The second kappa shape index (κ2) is 16.5. The van der Waals surface area contributed by atoms with Gasteiger partial charge in [-0.1, -0.05) is 169 Å². The van der Waals surface area contributed by atoms with Crippen molar-refractivity contribution in [2.24, 2.45) is 0 Å². The van der Waals surface area contributed by atoms with Crippen molar-refractivity contribution in [2.45, 2.75) is 35.7 Å². The van der Waals surface area contributed by atoms with E-state index in [1.165, 1.54) is 23.1 Å². The molecule has 8 rings (SSSR count). The predicted molar refractivity (Wildman–Crippen MR) is 219 cm³/mol. The third kappa shape index (κ3) is 7.48. The molecule has 6 aromatic rings. The average molecular weight is 789 g/mol. The highest BCUT2D eigenvalue weighted by Gasteiger charge is 2.57. The first-order valence-corrected chi connectivity index (χ1v) is 20.3. The van der Waals surface area contributed by atoms with Gasteiger partial charge in [-0.15, -0.1) is 0 Å². The molecule has 0 saturated carbocycles. The minimum Gasteiger partial charge on any atom is -0.448 e. The highest BCUT2D eigenvalue weighted by molar-refractivity contribution is 7.86. The van der Waals surface area contributed by atoms with Crippen LogP contribution in [0, 0.1) is 6.92 Å². The number of β-lactam (4-membered cyclic amide) rings is 1. The van der Waals surface area contributed by atoms with E-state index in [0.29, 0.717) is 0 Å². The van der Waals surface area contributed by atoms with Crippen LogP contribution in [0.15, 0.2) is 204 Å². The normalized spacial score (nSPS) is 16.9. The first-order chi connectivity index (χ1) is 28.3. The number of hydrogen-bond acceptors (Lipinski definition) is 8. The van der Waals surface area contributed by atoms with Crippen LogP contribution < -0.4 is 5.32 Å². The van der Waals surface area contributed by atoms with Crippen LogP contribution >= 0.6 is 0 Å². The minimum atomic E-state index is -4.19. The lowest BCUT2D eigenvalue weighted by atomic mass is 9.75. The summed E-state index contributed by atoms with van der Waals surface area (Å²) in [5.74, 6) is -1.22. The van der Waals surface area contributed by atoms with Crippen molar-refractivity contribution >= 4 is 22.0 Å². The molecule has 0 spiro atoms. The van der Waals surface area contributed by atoms with Gasteiger partial charge < -0.3 is 13.7 Å². The second-order valence-corrected chi connectivity index (χ2v) is 15.6. The fraction of sp³-hybridized carbons (Fsp3) is 0.125. The number of nitrogens with zero attached hydrogens (tertiary/aromatic N) is 1. The number of aryl methyl sites for hydroxylation is 1. The summed E-state index contributed by atoms with van der Waals surface area (Å²) >= 11 is 0. The minimum absolute atomic E-state index is 0.0320. The van der Waals surface area contributed by atoms with E-state index >= 15 is 0 Å². The Morgan fingerprint density at radius 2 is 1.19 bits per heavy atom. The number of ether oxygens (including phenoxy) is 2. The van der Waals surface area contributed by atoms with E-state index in [1.54, 1.807) is 12.1 Å². The molecule has 0 radical (unpaired) electrons. The van der Waals surface area contributed by atoms with Gasteiger partial charge in [0.1, 0.15) is 22.9 Å². The highest BCUT2D eigenvalue weighted by atomic mass is 32.2. The molecule has 9 nitrogen and oxygen atoms in total. The molecular weight excluding hydrogens is 749 g/mol. The van der Waals surface area contributed by atoms with Crippen LogP contribution in [-0.4, -0.2) is 44.1 Å². The van der Waals surface area contributed by atoms with Crippen molar-refractivity contribution in [1.29, 1.82) is 0 Å². The van der Waals surface area contributed by atoms with Gasteiger partial charge in [-0.3, -0.25) is 15.0 Å². The Morgan fingerprint density at radius 1 is 0.724 bits per heavy atom. The summed E-state index contributed by atoms with van der Waals surface area (Å²) < 4.78 is 44.1. The SMILES string of the molecule is Cc1ccc(S(=O)(=O)O/C=C/C2=C(C(=O)OC(c3ccccc3)c3ccccc3)N3C(=O)C(NC(c4ccccc4)(c4ccccc4)c4ccccc4)C3OC2)cc1. The van der Waals surface area contributed by atoms with Crippen molar-refractivity contribution in [3.05, 3.63) is 233 Å². The van der Waals surface area contributed by atoms with E-state index in [-0.39, 0.29) is 22.8 Å². The third-order valence-electron chi connectivity index (χ3n) is 10.4. The van der Waals surface area contributed by atoms with Crippen molar-refractivity contribution in [1.82, 2.24) is 10.2 Å². The summed E-state index contributed by atoms with van der Waals surface area (Å²) in [6, 6.07) is 53.6. The maximum atomic E-state index is 14.7. The van der Waals surface area contributed by atoms with Crippen LogP contribution in [0.25, 0.3) is 0 Å². The van der Waals surface area contributed by atoms with Crippen LogP contribution in [0.4, 0.5) is 0 Å². The van der Waals surface area contributed by atoms with E-state index in [2.05, 4.69) is 5.32 Å². The monoisotopic (exact) mass is 788 g/mol. The number of hydrogen-bond donors (Lipinski definition) is 1. The zero-order valence-electron chi connectivity index (χ0n) is 31.6. The van der Waals surface area contributed by atoms with E-state index in [4.69, 9.17) is 13.7 Å². The maximum absolute atomic E-state index is 14.7. The summed E-state index contributed by atoms with van der Waals surface area (Å²) in [6.45, 7) is 1.70. The van der Waals surface area contributed by atoms with Crippen molar-refractivity contribution in [3.63, 3.8) is 0 Å². The molecule has 2 heterocycles. The van der Waals surface area contributed by atoms with Crippen molar-refractivity contribution < 1.29 is 31.7 Å². The molecule has 2 aliphatic heterocycles. The lowest BCUT2D eigenvalue weighted by Crippen LogP contribution is -2.74. The van der Waals surface area contributed by atoms with Gasteiger partial charge in [0.2, 0.25) is 0 Å².